The third-order valence-electron chi connectivity index (χ3n) is 1.05. The molecule has 5 heteroatoms. The van der Waals surface area contributed by atoms with E-state index < -0.39 is 6.17 Å². The second-order valence-electron chi connectivity index (χ2n) is 1.65. The van der Waals surface area contributed by atoms with Crippen LogP contribution in [0.1, 0.15) is 0 Å². The molecule has 0 radical (unpaired) electrons. The highest BCUT2D eigenvalue weighted by Gasteiger charge is 2.24. The van der Waals surface area contributed by atoms with Crippen molar-refractivity contribution >= 4 is 6.34 Å². The summed E-state index contributed by atoms with van der Waals surface area (Å²) < 4.78 is 12.3. The maximum Gasteiger partial charge on any atom is 0.235 e. The molecule has 0 saturated carbocycles. The Morgan fingerprint density at radius 2 is 2.56 bits per heavy atom. The zero-order valence-electron chi connectivity index (χ0n) is 4.82. The number of hydrogen-bond donors (Lipinski definition) is 0. The van der Waals surface area contributed by atoms with Crippen LogP contribution in [0.15, 0.2) is 5.10 Å². The molecule has 1 aliphatic heterocycles. The monoisotopic (exact) mass is 128 g/mol. The molecule has 1 rings (SSSR count). The van der Waals surface area contributed by atoms with Gasteiger partial charge in [-0.1, -0.05) is 4.48 Å². The van der Waals surface area contributed by atoms with E-state index in [9.17, 15) is 4.48 Å². The second kappa shape index (κ2) is 1.90. The zero-order valence-corrected chi connectivity index (χ0v) is 4.82. The fraction of sp³-hybridized carbons (Fsp3) is 0.500. The van der Waals surface area contributed by atoms with Crippen molar-refractivity contribution < 1.29 is 4.48 Å². The minimum atomic E-state index is -0.884. The van der Waals surface area contributed by atoms with E-state index in [4.69, 9.17) is 5.26 Å². The quantitative estimate of drug-likeness (QED) is 0.428. The molecule has 0 amide bonds. The van der Waals surface area contributed by atoms with Crippen LogP contribution in [0.3, 0.4) is 0 Å². The molecule has 1 atom stereocenters. The Kier molecular flexibility index (Phi) is 1.23. The van der Waals surface area contributed by atoms with Gasteiger partial charge in [0.15, 0.2) is 0 Å². The van der Waals surface area contributed by atoms with Crippen molar-refractivity contribution in [1.29, 1.82) is 5.26 Å². The molecule has 0 aliphatic carbocycles. The summed E-state index contributed by atoms with van der Waals surface area (Å²) in [6.45, 7) is 0. The van der Waals surface area contributed by atoms with Crippen molar-refractivity contribution in [1.82, 2.24) is 10.1 Å². The van der Waals surface area contributed by atoms with Gasteiger partial charge in [0.25, 0.3) is 0 Å². The van der Waals surface area contributed by atoms with Crippen molar-refractivity contribution in [3.8, 4) is 6.07 Å². The number of hydrogen-bond acceptors (Lipinski definition) is 4. The average molecular weight is 128 g/mol. The molecule has 4 nitrogen and oxygen atoms in total. The van der Waals surface area contributed by atoms with Crippen molar-refractivity contribution in [2.75, 3.05) is 7.05 Å². The number of nitriles is 1. The van der Waals surface area contributed by atoms with Gasteiger partial charge in [0.2, 0.25) is 6.17 Å². The van der Waals surface area contributed by atoms with E-state index in [-0.39, 0.29) is 5.12 Å². The molecular formula is C4H5FN4. The first-order valence-electron chi connectivity index (χ1n) is 2.36. The number of nitrogens with zero attached hydrogens (tertiary/aromatic N) is 4. The summed E-state index contributed by atoms with van der Waals surface area (Å²) in [6.07, 6.45) is 0.0819. The minimum absolute atomic E-state index is 0.250. The SMILES string of the molecule is CN1N=CN(F)C1C#N. The van der Waals surface area contributed by atoms with Gasteiger partial charge in [-0.25, -0.2) is 0 Å². The van der Waals surface area contributed by atoms with Gasteiger partial charge in [0, 0.05) is 7.05 Å². The Balaban J connectivity index is 2.66. The van der Waals surface area contributed by atoms with Crippen LogP contribution in [0, 0.1) is 11.3 Å². The molecular weight excluding hydrogens is 123 g/mol. The predicted molar refractivity (Wildman–Crippen MR) is 28.6 cm³/mol. The Morgan fingerprint density at radius 1 is 1.89 bits per heavy atom. The summed E-state index contributed by atoms with van der Waals surface area (Å²) >= 11 is 0. The van der Waals surface area contributed by atoms with Crippen molar-refractivity contribution in [2.24, 2.45) is 5.10 Å². The smallest absolute Gasteiger partial charge is 0.235 e. The van der Waals surface area contributed by atoms with E-state index in [2.05, 4.69) is 5.10 Å². The highest BCUT2D eigenvalue weighted by atomic mass is 19.2. The summed E-state index contributed by atoms with van der Waals surface area (Å²) in [5.74, 6) is 0. The lowest BCUT2D eigenvalue weighted by Gasteiger charge is -2.12. The molecule has 1 aliphatic rings. The van der Waals surface area contributed by atoms with E-state index in [0.717, 1.165) is 6.34 Å². The molecule has 0 spiro atoms. The van der Waals surface area contributed by atoms with Crippen molar-refractivity contribution in [3.63, 3.8) is 0 Å². The summed E-state index contributed by atoms with van der Waals surface area (Å²) in [7, 11) is 1.53. The van der Waals surface area contributed by atoms with Gasteiger partial charge in [-0.05, 0) is 0 Å². The summed E-state index contributed by atoms with van der Waals surface area (Å²) in [5.41, 5.74) is 0. The standard InChI is InChI=1S/C4H5FN4/c1-8-4(2-6)9(5)3-7-8/h3-4H,1H3. The first-order chi connectivity index (χ1) is 4.25. The predicted octanol–water partition coefficient (Wildman–Crippen LogP) is -0.0887. The first kappa shape index (κ1) is 5.82. The lowest BCUT2D eigenvalue weighted by Crippen LogP contribution is -2.30. The van der Waals surface area contributed by atoms with Crippen LogP contribution in [0.5, 0.6) is 0 Å². The summed E-state index contributed by atoms with van der Waals surface area (Å²) in [5, 5.41) is 13.2. The van der Waals surface area contributed by atoms with Crippen LogP contribution in [0.25, 0.3) is 0 Å². The minimum Gasteiger partial charge on any atom is -0.261 e. The van der Waals surface area contributed by atoms with Gasteiger partial charge in [0.05, 0.1) is 0 Å². The summed E-state index contributed by atoms with van der Waals surface area (Å²) in [4.78, 5) is 0. The molecule has 48 valence electrons. The zero-order chi connectivity index (χ0) is 6.85. The highest BCUT2D eigenvalue weighted by molar-refractivity contribution is 5.56. The van der Waals surface area contributed by atoms with E-state index in [1.807, 2.05) is 0 Å². The molecule has 1 heterocycles. The maximum absolute atomic E-state index is 12.3. The normalized spacial score (nSPS) is 24.8. The van der Waals surface area contributed by atoms with Crippen LogP contribution in [0.4, 0.5) is 4.48 Å². The molecule has 9 heavy (non-hydrogen) atoms. The molecule has 0 aromatic rings. The van der Waals surface area contributed by atoms with Gasteiger partial charge in [-0.3, -0.25) is 5.01 Å². The highest BCUT2D eigenvalue weighted by Crippen LogP contribution is 2.07. The van der Waals surface area contributed by atoms with Gasteiger partial charge in [-0.15, -0.1) is 0 Å². The van der Waals surface area contributed by atoms with Crippen molar-refractivity contribution in [2.45, 2.75) is 6.17 Å². The lowest BCUT2D eigenvalue weighted by molar-refractivity contribution is 0.0498. The maximum atomic E-state index is 12.3. The van der Waals surface area contributed by atoms with Gasteiger partial charge in [0.1, 0.15) is 12.4 Å². The summed E-state index contributed by atoms with van der Waals surface area (Å²) in [6, 6.07) is 1.72. The molecule has 0 bridgehead atoms. The van der Waals surface area contributed by atoms with Gasteiger partial charge in [-0.2, -0.15) is 15.5 Å². The number of rotatable bonds is 0. The molecule has 0 aromatic carbocycles. The van der Waals surface area contributed by atoms with Crippen LogP contribution >= 0.6 is 0 Å². The number of halogens is 1. The second-order valence-corrected chi connectivity index (χ2v) is 1.65. The van der Waals surface area contributed by atoms with E-state index >= 15 is 0 Å². The lowest BCUT2D eigenvalue weighted by atomic mass is 10.5. The van der Waals surface area contributed by atoms with Crippen LogP contribution in [-0.2, 0) is 0 Å². The van der Waals surface area contributed by atoms with E-state index in [0.29, 0.717) is 0 Å². The number of hydrazone groups is 1. The average Bonchev–Trinajstić information content (AvgIpc) is 2.12. The Labute approximate surface area is 51.7 Å². The molecule has 0 fully saturated rings. The van der Waals surface area contributed by atoms with Crippen molar-refractivity contribution in [3.05, 3.63) is 0 Å². The first-order valence-corrected chi connectivity index (χ1v) is 2.36. The fourth-order valence-electron chi connectivity index (χ4n) is 0.555. The van der Waals surface area contributed by atoms with Crippen LogP contribution in [-0.4, -0.2) is 29.7 Å². The third-order valence-corrected chi connectivity index (χ3v) is 1.05. The Morgan fingerprint density at radius 3 is 2.78 bits per heavy atom. The fourth-order valence-corrected chi connectivity index (χ4v) is 0.555. The third kappa shape index (κ3) is 0.785. The van der Waals surface area contributed by atoms with E-state index in [1.54, 1.807) is 6.07 Å². The molecule has 0 N–H and O–H groups in total. The Hall–Kier alpha value is -1.31. The molecule has 0 aromatic heterocycles. The van der Waals surface area contributed by atoms with Crippen LogP contribution < -0.4 is 0 Å². The topological polar surface area (TPSA) is 42.6 Å². The van der Waals surface area contributed by atoms with Gasteiger partial charge >= 0.3 is 0 Å². The molecule has 0 saturated heterocycles. The van der Waals surface area contributed by atoms with Gasteiger partial charge < -0.3 is 0 Å². The van der Waals surface area contributed by atoms with Crippen LogP contribution in [0.2, 0.25) is 0 Å². The molecule has 1 unspecified atom stereocenters. The largest absolute Gasteiger partial charge is 0.261 e. The Bertz CT molecular complexity index is 160. The van der Waals surface area contributed by atoms with E-state index in [1.165, 1.54) is 12.1 Å².